The normalized spacial score (nSPS) is 12.3. The molecule has 0 spiro atoms. The summed E-state index contributed by atoms with van der Waals surface area (Å²) in [6, 6.07) is 5.80. The third-order valence-corrected chi connectivity index (χ3v) is 2.38. The molecule has 1 rings (SSSR count). The zero-order chi connectivity index (χ0) is 11.4. The van der Waals surface area contributed by atoms with Crippen molar-refractivity contribution in [2.45, 2.75) is 26.4 Å². The van der Waals surface area contributed by atoms with Crippen molar-refractivity contribution in [3.63, 3.8) is 0 Å². The average molecular weight is 208 g/mol. The fourth-order valence-electron chi connectivity index (χ4n) is 1.47. The number of aliphatic hydroxyl groups is 1. The Morgan fingerprint density at radius 3 is 2.73 bits per heavy atom. The predicted molar refractivity (Wildman–Crippen MR) is 57.5 cm³/mol. The Labute approximate surface area is 89.7 Å². The molecule has 1 N–H and O–H groups in total. The lowest BCUT2D eigenvalue weighted by Gasteiger charge is -2.13. The fraction of sp³-hybridized carbons (Fsp3) is 0.417. The lowest BCUT2D eigenvalue weighted by Crippen LogP contribution is -2.09. The van der Waals surface area contributed by atoms with Crippen LogP contribution in [0.5, 0.6) is 0 Å². The van der Waals surface area contributed by atoms with Gasteiger partial charge < -0.3 is 9.84 Å². The molecule has 3 nitrogen and oxygen atoms in total. The van der Waals surface area contributed by atoms with Crippen LogP contribution in [0.3, 0.4) is 0 Å². The van der Waals surface area contributed by atoms with Crippen LogP contribution in [0.4, 0.5) is 0 Å². The van der Waals surface area contributed by atoms with E-state index in [-0.39, 0.29) is 6.42 Å². The number of ether oxygens (including phenoxy) is 1. The highest BCUT2D eigenvalue weighted by molar-refractivity contribution is 5.70. The molecule has 0 aliphatic heterocycles. The zero-order valence-electron chi connectivity index (χ0n) is 9.28. The molecular weight excluding hydrogens is 192 g/mol. The van der Waals surface area contributed by atoms with Gasteiger partial charge in [-0.25, -0.2) is 0 Å². The average Bonchev–Trinajstić information content (AvgIpc) is 2.21. The number of aliphatic hydroxyl groups excluding tert-OH is 1. The number of carbonyl (C=O) groups is 1. The third kappa shape index (κ3) is 3.06. The van der Waals surface area contributed by atoms with Crippen molar-refractivity contribution >= 4 is 5.97 Å². The molecule has 3 heteroatoms. The minimum atomic E-state index is -0.780. The highest BCUT2D eigenvalue weighted by Gasteiger charge is 2.15. The molecule has 15 heavy (non-hydrogen) atoms. The van der Waals surface area contributed by atoms with E-state index in [9.17, 15) is 9.90 Å². The second-order valence-electron chi connectivity index (χ2n) is 3.66. The van der Waals surface area contributed by atoms with Crippen LogP contribution in [0.1, 0.15) is 29.2 Å². The fourth-order valence-corrected chi connectivity index (χ4v) is 1.47. The topological polar surface area (TPSA) is 46.5 Å². The van der Waals surface area contributed by atoms with Crippen LogP contribution in [0.15, 0.2) is 18.2 Å². The number of carbonyl (C=O) groups excluding carboxylic acids is 1. The molecule has 0 radical (unpaired) electrons. The number of hydrogen-bond donors (Lipinski definition) is 1. The highest BCUT2D eigenvalue weighted by atomic mass is 16.5. The largest absolute Gasteiger partial charge is 0.469 e. The van der Waals surface area contributed by atoms with E-state index in [1.54, 1.807) is 0 Å². The summed E-state index contributed by atoms with van der Waals surface area (Å²) >= 11 is 0. The molecule has 82 valence electrons. The summed E-state index contributed by atoms with van der Waals surface area (Å²) in [5.41, 5.74) is 2.84. The first kappa shape index (κ1) is 11.7. The van der Waals surface area contributed by atoms with E-state index in [0.29, 0.717) is 0 Å². The van der Waals surface area contributed by atoms with Gasteiger partial charge in [0.05, 0.1) is 19.6 Å². The Balaban J connectivity index is 2.85. The van der Waals surface area contributed by atoms with Gasteiger partial charge in [-0.1, -0.05) is 23.8 Å². The lowest BCUT2D eigenvalue weighted by molar-refractivity contribution is -0.142. The van der Waals surface area contributed by atoms with Crippen molar-refractivity contribution in [3.05, 3.63) is 34.9 Å². The molecule has 0 aromatic heterocycles. The summed E-state index contributed by atoms with van der Waals surface area (Å²) in [6.07, 6.45) is -0.779. The van der Waals surface area contributed by atoms with Gasteiger partial charge in [-0.05, 0) is 25.0 Å². The molecular formula is C12H16O3. The quantitative estimate of drug-likeness (QED) is 0.772. The standard InChI is InChI=1S/C12H16O3/c1-8-4-5-9(2)10(6-8)11(13)7-12(14)15-3/h4-6,11,13H,7H2,1-3H3/t11-/m1/s1. The van der Waals surface area contributed by atoms with Crippen molar-refractivity contribution in [1.29, 1.82) is 0 Å². The maximum absolute atomic E-state index is 11.0. The van der Waals surface area contributed by atoms with Crippen molar-refractivity contribution in [1.82, 2.24) is 0 Å². The molecule has 0 heterocycles. The minimum Gasteiger partial charge on any atom is -0.469 e. The molecule has 1 atom stereocenters. The van der Waals surface area contributed by atoms with Gasteiger partial charge in [0.2, 0.25) is 0 Å². The summed E-state index contributed by atoms with van der Waals surface area (Å²) in [5, 5.41) is 9.83. The molecule has 0 aliphatic carbocycles. The first-order valence-electron chi connectivity index (χ1n) is 4.86. The van der Waals surface area contributed by atoms with Gasteiger partial charge in [-0.15, -0.1) is 0 Å². The Hall–Kier alpha value is -1.35. The van der Waals surface area contributed by atoms with Gasteiger partial charge in [0.1, 0.15) is 0 Å². The Bertz CT molecular complexity index is 358. The molecule has 0 bridgehead atoms. The number of methoxy groups -OCH3 is 1. The van der Waals surface area contributed by atoms with Crippen molar-refractivity contribution < 1.29 is 14.6 Å². The number of aryl methyl sites for hydroxylation is 2. The van der Waals surface area contributed by atoms with Gasteiger partial charge in [-0.2, -0.15) is 0 Å². The van der Waals surface area contributed by atoms with E-state index >= 15 is 0 Å². The SMILES string of the molecule is COC(=O)C[C@@H](O)c1cc(C)ccc1C. The highest BCUT2D eigenvalue weighted by Crippen LogP contribution is 2.22. The van der Waals surface area contributed by atoms with Gasteiger partial charge in [-0.3, -0.25) is 4.79 Å². The van der Waals surface area contributed by atoms with Crippen LogP contribution in [-0.4, -0.2) is 18.2 Å². The first-order valence-corrected chi connectivity index (χ1v) is 4.86. The van der Waals surface area contributed by atoms with E-state index in [2.05, 4.69) is 4.74 Å². The summed E-state index contributed by atoms with van der Waals surface area (Å²) in [4.78, 5) is 11.0. The molecule has 1 aromatic carbocycles. The lowest BCUT2D eigenvalue weighted by atomic mass is 9.99. The second kappa shape index (κ2) is 4.94. The maximum Gasteiger partial charge on any atom is 0.308 e. The van der Waals surface area contributed by atoms with Crippen molar-refractivity contribution in [3.8, 4) is 0 Å². The molecule has 0 aliphatic rings. The van der Waals surface area contributed by atoms with Gasteiger partial charge in [0.15, 0.2) is 0 Å². The number of rotatable bonds is 3. The van der Waals surface area contributed by atoms with Gasteiger partial charge >= 0.3 is 5.97 Å². The maximum atomic E-state index is 11.0. The van der Waals surface area contributed by atoms with E-state index < -0.39 is 12.1 Å². The van der Waals surface area contributed by atoms with Crippen LogP contribution in [-0.2, 0) is 9.53 Å². The molecule has 0 saturated carbocycles. The van der Waals surface area contributed by atoms with Crippen LogP contribution < -0.4 is 0 Å². The van der Waals surface area contributed by atoms with E-state index in [0.717, 1.165) is 16.7 Å². The van der Waals surface area contributed by atoms with E-state index in [1.165, 1.54) is 7.11 Å². The van der Waals surface area contributed by atoms with Crippen molar-refractivity contribution in [2.75, 3.05) is 7.11 Å². The zero-order valence-corrected chi connectivity index (χ0v) is 9.28. The van der Waals surface area contributed by atoms with Crippen LogP contribution in [0, 0.1) is 13.8 Å². The van der Waals surface area contributed by atoms with Gasteiger partial charge in [0, 0.05) is 0 Å². The summed E-state index contributed by atoms with van der Waals surface area (Å²) < 4.78 is 4.51. The molecule has 0 amide bonds. The molecule has 0 unspecified atom stereocenters. The Morgan fingerprint density at radius 2 is 2.13 bits per heavy atom. The smallest absolute Gasteiger partial charge is 0.308 e. The molecule has 0 saturated heterocycles. The summed E-state index contributed by atoms with van der Waals surface area (Å²) in [5.74, 6) is -0.400. The van der Waals surface area contributed by atoms with E-state index in [4.69, 9.17) is 0 Å². The van der Waals surface area contributed by atoms with Gasteiger partial charge in [0.25, 0.3) is 0 Å². The number of hydrogen-bond acceptors (Lipinski definition) is 3. The van der Waals surface area contributed by atoms with E-state index in [1.807, 2.05) is 32.0 Å². The first-order chi connectivity index (χ1) is 7.04. The number of benzene rings is 1. The molecule has 0 fully saturated rings. The van der Waals surface area contributed by atoms with Crippen molar-refractivity contribution in [2.24, 2.45) is 0 Å². The minimum absolute atomic E-state index is 0.000787. The predicted octanol–water partition coefficient (Wildman–Crippen LogP) is 1.90. The van der Waals surface area contributed by atoms with Crippen LogP contribution in [0.2, 0.25) is 0 Å². The van der Waals surface area contributed by atoms with Crippen LogP contribution in [0.25, 0.3) is 0 Å². The number of esters is 1. The third-order valence-electron chi connectivity index (χ3n) is 2.38. The Kier molecular flexibility index (Phi) is 3.86. The summed E-state index contributed by atoms with van der Waals surface area (Å²) in [6.45, 7) is 3.86. The monoisotopic (exact) mass is 208 g/mol. The van der Waals surface area contributed by atoms with Crippen LogP contribution >= 0.6 is 0 Å². The molecule has 1 aromatic rings. The summed E-state index contributed by atoms with van der Waals surface area (Å²) in [7, 11) is 1.32. The Morgan fingerprint density at radius 1 is 1.47 bits per heavy atom. The second-order valence-corrected chi connectivity index (χ2v) is 3.66.